The third-order valence-electron chi connectivity index (χ3n) is 2.28. The zero-order valence-corrected chi connectivity index (χ0v) is 8.25. The molecule has 0 unspecified atom stereocenters. The van der Waals surface area contributed by atoms with Gasteiger partial charge in [-0.05, 0) is 13.3 Å². The molecule has 0 aromatic rings. The van der Waals surface area contributed by atoms with E-state index >= 15 is 0 Å². The maximum Gasteiger partial charge on any atom is 0.222 e. The molecule has 13 heavy (non-hydrogen) atoms. The van der Waals surface area contributed by atoms with Crippen LogP contribution in [-0.4, -0.2) is 36.5 Å². The van der Waals surface area contributed by atoms with Crippen molar-refractivity contribution in [1.82, 2.24) is 10.2 Å². The Kier molecular flexibility index (Phi) is 3.96. The molecule has 3 heteroatoms. The summed E-state index contributed by atoms with van der Waals surface area (Å²) >= 11 is 0. The fourth-order valence-electron chi connectivity index (χ4n) is 1.54. The van der Waals surface area contributed by atoms with Crippen LogP contribution in [0.1, 0.15) is 19.8 Å². The molecule has 1 amide bonds. The van der Waals surface area contributed by atoms with Crippen LogP contribution in [-0.2, 0) is 4.79 Å². The van der Waals surface area contributed by atoms with Crippen LogP contribution >= 0.6 is 0 Å². The van der Waals surface area contributed by atoms with E-state index in [4.69, 9.17) is 0 Å². The molecule has 0 radical (unpaired) electrons. The van der Waals surface area contributed by atoms with Crippen molar-refractivity contribution in [3.63, 3.8) is 0 Å². The smallest absolute Gasteiger partial charge is 0.222 e. The Morgan fingerprint density at radius 2 is 2.54 bits per heavy atom. The minimum absolute atomic E-state index is 0.258. The molecule has 74 valence electrons. The van der Waals surface area contributed by atoms with E-state index in [-0.39, 0.29) is 5.91 Å². The molecule has 0 saturated carbocycles. The summed E-state index contributed by atoms with van der Waals surface area (Å²) < 4.78 is 0. The van der Waals surface area contributed by atoms with Crippen LogP contribution in [0.15, 0.2) is 12.7 Å². The number of nitrogens with one attached hydrogen (secondary N) is 1. The molecule has 0 spiro atoms. The Bertz CT molecular complexity index is 191. The number of amides is 1. The van der Waals surface area contributed by atoms with E-state index in [2.05, 4.69) is 18.8 Å². The van der Waals surface area contributed by atoms with Crippen molar-refractivity contribution in [3.05, 3.63) is 12.7 Å². The second-order valence-electron chi connectivity index (χ2n) is 3.52. The van der Waals surface area contributed by atoms with Gasteiger partial charge in [0.05, 0.1) is 0 Å². The summed E-state index contributed by atoms with van der Waals surface area (Å²) in [5.41, 5.74) is 0. The SMILES string of the molecule is C=CCCC(=O)N1CCN[C@H](C)C1. The van der Waals surface area contributed by atoms with Crippen molar-refractivity contribution in [1.29, 1.82) is 0 Å². The lowest BCUT2D eigenvalue weighted by Crippen LogP contribution is -2.51. The quantitative estimate of drug-likeness (QED) is 0.654. The molecule has 1 atom stereocenters. The van der Waals surface area contributed by atoms with E-state index in [9.17, 15) is 4.79 Å². The van der Waals surface area contributed by atoms with Crippen LogP contribution in [0.25, 0.3) is 0 Å². The van der Waals surface area contributed by atoms with Gasteiger partial charge in [0.2, 0.25) is 5.91 Å². The maximum absolute atomic E-state index is 11.6. The first kappa shape index (κ1) is 10.3. The molecule has 0 aromatic carbocycles. The highest BCUT2D eigenvalue weighted by Crippen LogP contribution is 2.03. The fraction of sp³-hybridized carbons (Fsp3) is 0.700. The minimum atomic E-state index is 0.258. The molecule has 0 bridgehead atoms. The van der Waals surface area contributed by atoms with Crippen molar-refractivity contribution >= 4 is 5.91 Å². The van der Waals surface area contributed by atoms with Crippen LogP contribution in [0.5, 0.6) is 0 Å². The number of piperazine rings is 1. The van der Waals surface area contributed by atoms with Gasteiger partial charge >= 0.3 is 0 Å². The average Bonchev–Trinajstić information content (AvgIpc) is 2.14. The standard InChI is InChI=1S/C10H18N2O/c1-3-4-5-10(13)12-7-6-11-9(2)8-12/h3,9,11H,1,4-8H2,2H3/t9-/m1/s1. The van der Waals surface area contributed by atoms with E-state index < -0.39 is 0 Å². The molecular weight excluding hydrogens is 164 g/mol. The van der Waals surface area contributed by atoms with Gasteiger partial charge in [0, 0.05) is 32.1 Å². The second-order valence-corrected chi connectivity index (χ2v) is 3.52. The molecule has 1 N–H and O–H groups in total. The summed E-state index contributed by atoms with van der Waals surface area (Å²) in [7, 11) is 0. The lowest BCUT2D eigenvalue weighted by atomic mass is 10.2. The molecule has 1 fully saturated rings. The normalized spacial score (nSPS) is 22.8. The summed E-state index contributed by atoms with van der Waals surface area (Å²) in [6.45, 7) is 8.32. The number of carbonyl (C=O) groups is 1. The van der Waals surface area contributed by atoms with Gasteiger partial charge in [-0.25, -0.2) is 0 Å². The van der Waals surface area contributed by atoms with Crippen molar-refractivity contribution in [3.8, 4) is 0 Å². The molecule has 1 aliphatic rings. The molecule has 0 aliphatic carbocycles. The van der Waals surface area contributed by atoms with Crippen molar-refractivity contribution < 1.29 is 4.79 Å². The van der Waals surface area contributed by atoms with Gasteiger partial charge in [0.25, 0.3) is 0 Å². The number of hydrogen-bond acceptors (Lipinski definition) is 2. The van der Waals surface area contributed by atoms with Crippen LogP contribution in [0.2, 0.25) is 0 Å². The first-order valence-corrected chi connectivity index (χ1v) is 4.86. The average molecular weight is 182 g/mol. The van der Waals surface area contributed by atoms with E-state index in [1.165, 1.54) is 0 Å². The second kappa shape index (κ2) is 5.02. The van der Waals surface area contributed by atoms with Crippen molar-refractivity contribution in [2.75, 3.05) is 19.6 Å². The summed E-state index contributed by atoms with van der Waals surface area (Å²) in [5.74, 6) is 0.258. The highest BCUT2D eigenvalue weighted by atomic mass is 16.2. The monoisotopic (exact) mass is 182 g/mol. The van der Waals surface area contributed by atoms with Gasteiger partial charge in [-0.1, -0.05) is 6.08 Å². The van der Waals surface area contributed by atoms with Crippen LogP contribution in [0.3, 0.4) is 0 Å². The number of carbonyl (C=O) groups excluding carboxylic acids is 1. The zero-order valence-electron chi connectivity index (χ0n) is 8.25. The predicted molar refractivity (Wildman–Crippen MR) is 53.5 cm³/mol. The Hall–Kier alpha value is -0.830. The van der Waals surface area contributed by atoms with Crippen molar-refractivity contribution in [2.45, 2.75) is 25.8 Å². The van der Waals surface area contributed by atoms with Crippen LogP contribution in [0.4, 0.5) is 0 Å². The Balaban J connectivity index is 2.32. The number of allylic oxidation sites excluding steroid dienone is 1. The molecular formula is C10H18N2O. The molecule has 1 saturated heterocycles. The molecule has 1 heterocycles. The van der Waals surface area contributed by atoms with Gasteiger partial charge in [-0.2, -0.15) is 0 Å². The van der Waals surface area contributed by atoms with Gasteiger partial charge in [-0.3, -0.25) is 4.79 Å². The largest absolute Gasteiger partial charge is 0.340 e. The van der Waals surface area contributed by atoms with Gasteiger partial charge in [-0.15, -0.1) is 6.58 Å². The highest BCUT2D eigenvalue weighted by Gasteiger charge is 2.19. The summed E-state index contributed by atoms with van der Waals surface area (Å²) in [4.78, 5) is 13.5. The number of nitrogens with zero attached hydrogens (tertiary/aromatic N) is 1. The summed E-state index contributed by atoms with van der Waals surface area (Å²) in [6.07, 6.45) is 3.19. The molecule has 1 rings (SSSR count). The predicted octanol–water partition coefficient (Wildman–Crippen LogP) is 0.773. The summed E-state index contributed by atoms with van der Waals surface area (Å²) in [6, 6.07) is 0.432. The Morgan fingerprint density at radius 3 is 3.15 bits per heavy atom. The first-order chi connectivity index (χ1) is 6.24. The van der Waals surface area contributed by atoms with Gasteiger partial charge in [0.15, 0.2) is 0 Å². The van der Waals surface area contributed by atoms with Gasteiger partial charge < -0.3 is 10.2 Å². The van der Waals surface area contributed by atoms with E-state index in [0.717, 1.165) is 26.1 Å². The lowest BCUT2D eigenvalue weighted by molar-refractivity contribution is -0.132. The third kappa shape index (κ3) is 3.19. The number of hydrogen-bond donors (Lipinski definition) is 1. The Morgan fingerprint density at radius 1 is 1.77 bits per heavy atom. The summed E-state index contributed by atoms with van der Waals surface area (Å²) in [5, 5.41) is 3.31. The van der Waals surface area contributed by atoms with E-state index in [0.29, 0.717) is 12.5 Å². The van der Waals surface area contributed by atoms with Crippen LogP contribution in [0, 0.1) is 0 Å². The van der Waals surface area contributed by atoms with Gasteiger partial charge in [0.1, 0.15) is 0 Å². The van der Waals surface area contributed by atoms with E-state index in [1.54, 1.807) is 6.08 Å². The molecule has 3 nitrogen and oxygen atoms in total. The zero-order chi connectivity index (χ0) is 9.68. The lowest BCUT2D eigenvalue weighted by Gasteiger charge is -2.31. The molecule has 0 aromatic heterocycles. The van der Waals surface area contributed by atoms with E-state index in [1.807, 2.05) is 4.90 Å². The first-order valence-electron chi connectivity index (χ1n) is 4.86. The topological polar surface area (TPSA) is 32.3 Å². The molecule has 1 aliphatic heterocycles. The van der Waals surface area contributed by atoms with Crippen molar-refractivity contribution in [2.24, 2.45) is 0 Å². The minimum Gasteiger partial charge on any atom is -0.340 e. The number of rotatable bonds is 3. The third-order valence-corrected chi connectivity index (χ3v) is 2.28. The fourth-order valence-corrected chi connectivity index (χ4v) is 1.54. The Labute approximate surface area is 79.8 Å². The maximum atomic E-state index is 11.6. The highest BCUT2D eigenvalue weighted by molar-refractivity contribution is 5.76. The van der Waals surface area contributed by atoms with Crippen LogP contribution < -0.4 is 5.32 Å².